The van der Waals surface area contributed by atoms with Crippen LogP contribution in [0.5, 0.6) is 0 Å². The smallest absolute Gasteiger partial charge is 0.141 e. The predicted octanol–water partition coefficient (Wildman–Crippen LogP) is 2.75. The maximum absolute atomic E-state index is 10.8. The van der Waals surface area contributed by atoms with Gasteiger partial charge in [-0.3, -0.25) is 4.40 Å². The minimum absolute atomic E-state index is 0.440. The number of hydrogen-bond acceptors (Lipinski definition) is 5. The number of aryl methyl sites for hydroxylation is 1. The summed E-state index contributed by atoms with van der Waals surface area (Å²) in [6, 6.07) is 0.440. The second-order valence-corrected chi connectivity index (χ2v) is 6.95. The number of rotatable bonds is 4. The summed E-state index contributed by atoms with van der Waals surface area (Å²) in [7, 11) is 0. The Morgan fingerprint density at radius 3 is 3.00 bits per heavy atom. The Kier molecular flexibility index (Phi) is 3.46. The van der Waals surface area contributed by atoms with Gasteiger partial charge in [0.25, 0.3) is 0 Å². The molecular weight excluding hydrogens is 298 g/mol. The van der Waals surface area contributed by atoms with E-state index in [4.69, 9.17) is 0 Å². The number of nitrogens with zero attached hydrogens (tertiary/aromatic N) is 5. The Balaban J connectivity index is 1.70. The summed E-state index contributed by atoms with van der Waals surface area (Å²) in [6.45, 7) is 2.10. The van der Waals surface area contributed by atoms with E-state index in [2.05, 4.69) is 22.2 Å². The molecule has 0 aromatic carbocycles. The number of thiazole rings is 1. The van der Waals surface area contributed by atoms with Gasteiger partial charge < -0.3 is 5.11 Å². The van der Waals surface area contributed by atoms with Crippen molar-refractivity contribution in [3.63, 3.8) is 0 Å². The first kappa shape index (κ1) is 13.9. The molecule has 1 aliphatic rings. The van der Waals surface area contributed by atoms with E-state index >= 15 is 0 Å². The summed E-state index contributed by atoms with van der Waals surface area (Å²) in [5, 5.41) is 19.3. The minimum Gasteiger partial charge on any atom is -0.380 e. The van der Waals surface area contributed by atoms with Crippen LogP contribution in [0.2, 0.25) is 0 Å². The predicted molar refractivity (Wildman–Crippen MR) is 84.0 cm³/mol. The zero-order valence-electron chi connectivity index (χ0n) is 12.5. The van der Waals surface area contributed by atoms with Gasteiger partial charge in [0.1, 0.15) is 23.0 Å². The molecule has 4 rings (SSSR count). The molecule has 22 heavy (non-hydrogen) atoms. The van der Waals surface area contributed by atoms with Crippen molar-refractivity contribution in [1.82, 2.24) is 24.4 Å². The maximum Gasteiger partial charge on any atom is 0.141 e. The number of aliphatic hydroxyl groups excluding tert-OH is 1. The Labute approximate surface area is 132 Å². The fourth-order valence-electron chi connectivity index (χ4n) is 3.29. The van der Waals surface area contributed by atoms with Gasteiger partial charge in [0.2, 0.25) is 0 Å². The molecule has 0 amide bonds. The molecule has 3 aromatic heterocycles. The molecule has 1 unspecified atom stereocenters. The van der Waals surface area contributed by atoms with E-state index in [1.54, 1.807) is 17.7 Å². The third-order valence-electron chi connectivity index (χ3n) is 4.46. The average Bonchev–Trinajstić information content (AvgIpc) is 3.27. The lowest BCUT2D eigenvalue weighted by molar-refractivity contribution is 0.208. The van der Waals surface area contributed by atoms with Crippen molar-refractivity contribution in [2.24, 2.45) is 0 Å². The van der Waals surface area contributed by atoms with Gasteiger partial charge in [0.15, 0.2) is 0 Å². The molecule has 0 bridgehead atoms. The lowest BCUT2D eigenvalue weighted by atomic mass is 10.1. The molecule has 7 heteroatoms. The fraction of sp³-hybridized carbons (Fsp3) is 0.533. The van der Waals surface area contributed by atoms with Crippen LogP contribution < -0.4 is 0 Å². The summed E-state index contributed by atoms with van der Waals surface area (Å²) in [6.07, 6.45) is 10.4. The Morgan fingerprint density at radius 2 is 2.23 bits per heavy atom. The van der Waals surface area contributed by atoms with Crippen LogP contribution in [0.15, 0.2) is 18.7 Å². The zero-order valence-corrected chi connectivity index (χ0v) is 13.3. The van der Waals surface area contributed by atoms with Gasteiger partial charge in [-0.05, 0) is 19.3 Å². The Morgan fingerprint density at radius 1 is 1.41 bits per heavy atom. The number of aliphatic hydroxyl groups is 1. The lowest BCUT2D eigenvalue weighted by Crippen LogP contribution is -2.06. The number of fused-ring (bicyclic) bond motifs is 1. The Bertz CT molecular complexity index is 783. The van der Waals surface area contributed by atoms with Crippen molar-refractivity contribution < 1.29 is 5.11 Å². The van der Waals surface area contributed by atoms with Crippen LogP contribution in [0, 0.1) is 0 Å². The van der Waals surface area contributed by atoms with Gasteiger partial charge >= 0.3 is 0 Å². The normalized spacial score (nSPS) is 17.5. The summed E-state index contributed by atoms with van der Waals surface area (Å²) in [4.78, 5) is 6.38. The number of imidazole rings is 1. The van der Waals surface area contributed by atoms with Gasteiger partial charge in [0, 0.05) is 4.88 Å². The summed E-state index contributed by atoms with van der Waals surface area (Å²) in [5.74, 6) is 0. The van der Waals surface area contributed by atoms with Crippen molar-refractivity contribution >= 4 is 16.2 Å². The molecule has 3 aromatic rings. The summed E-state index contributed by atoms with van der Waals surface area (Å²) >= 11 is 1.67. The standard InChI is InChI=1S/C15H19N5OS/c1-2-12-14(19-9-16-7-13(19)22-12)15(21)11-8-20(18-17-11)10-5-3-4-6-10/h7-10,15,21H,2-6H2,1H3. The van der Waals surface area contributed by atoms with Crippen molar-refractivity contribution in [3.05, 3.63) is 35.0 Å². The van der Waals surface area contributed by atoms with E-state index in [0.717, 1.165) is 29.8 Å². The van der Waals surface area contributed by atoms with Crippen LogP contribution in [-0.2, 0) is 6.42 Å². The third kappa shape index (κ3) is 2.16. The largest absolute Gasteiger partial charge is 0.380 e. The fourth-order valence-corrected chi connectivity index (χ4v) is 4.36. The minimum atomic E-state index is -0.756. The van der Waals surface area contributed by atoms with Crippen molar-refractivity contribution in [2.45, 2.75) is 51.2 Å². The van der Waals surface area contributed by atoms with Crippen LogP contribution in [0.3, 0.4) is 0 Å². The molecule has 1 aliphatic carbocycles. The van der Waals surface area contributed by atoms with Gasteiger partial charge in [-0.15, -0.1) is 16.4 Å². The molecule has 0 saturated heterocycles. The van der Waals surface area contributed by atoms with Crippen molar-refractivity contribution in [2.75, 3.05) is 0 Å². The molecule has 1 saturated carbocycles. The highest BCUT2D eigenvalue weighted by molar-refractivity contribution is 7.17. The third-order valence-corrected chi connectivity index (χ3v) is 5.72. The van der Waals surface area contributed by atoms with E-state index in [0.29, 0.717) is 11.7 Å². The molecule has 3 heterocycles. The van der Waals surface area contributed by atoms with E-state index in [1.807, 2.05) is 21.5 Å². The molecule has 0 radical (unpaired) electrons. The zero-order chi connectivity index (χ0) is 15.1. The van der Waals surface area contributed by atoms with Crippen LogP contribution in [0.25, 0.3) is 4.83 Å². The van der Waals surface area contributed by atoms with E-state index in [-0.39, 0.29) is 0 Å². The van der Waals surface area contributed by atoms with Crippen molar-refractivity contribution in [1.29, 1.82) is 0 Å². The molecule has 0 spiro atoms. The molecule has 0 aliphatic heterocycles. The van der Waals surface area contributed by atoms with Crippen molar-refractivity contribution in [3.8, 4) is 0 Å². The summed E-state index contributed by atoms with van der Waals surface area (Å²) < 4.78 is 3.89. The monoisotopic (exact) mass is 317 g/mol. The molecule has 1 fully saturated rings. The summed E-state index contributed by atoms with van der Waals surface area (Å²) in [5.41, 5.74) is 1.49. The highest BCUT2D eigenvalue weighted by Gasteiger charge is 2.25. The average molecular weight is 317 g/mol. The SMILES string of the molecule is CCc1sc2cncn2c1C(O)c1cn(C2CCCC2)nn1. The van der Waals surface area contributed by atoms with Crippen LogP contribution in [0.4, 0.5) is 0 Å². The first-order valence-electron chi connectivity index (χ1n) is 7.81. The van der Waals surface area contributed by atoms with Gasteiger partial charge in [-0.1, -0.05) is 25.0 Å². The van der Waals surface area contributed by atoms with E-state index in [9.17, 15) is 5.11 Å². The van der Waals surface area contributed by atoms with Crippen LogP contribution in [0.1, 0.15) is 61.0 Å². The molecule has 1 atom stereocenters. The number of hydrogen-bond donors (Lipinski definition) is 1. The van der Waals surface area contributed by atoms with Crippen LogP contribution >= 0.6 is 11.3 Å². The van der Waals surface area contributed by atoms with Gasteiger partial charge in [-0.25, -0.2) is 9.67 Å². The molecule has 6 nitrogen and oxygen atoms in total. The lowest BCUT2D eigenvalue weighted by Gasteiger charge is -2.10. The first-order valence-corrected chi connectivity index (χ1v) is 8.63. The van der Waals surface area contributed by atoms with Gasteiger partial charge in [-0.2, -0.15) is 0 Å². The quantitative estimate of drug-likeness (QED) is 0.803. The van der Waals surface area contributed by atoms with E-state index in [1.165, 1.54) is 17.7 Å². The molecule has 1 N–H and O–H groups in total. The first-order chi connectivity index (χ1) is 10.8. The second-order valence-electron chi connectivity index (χ2n) is 5.83. The molecule has 116 valence electrons. The highest BCUT2D eigenvalue weighted by Crippen LogP contribution is 2.33. The van der Waals surface area contributed by atoms with Gasteiger partial charge in [0.05, 0.1) is 24.1 Å². The second kappa shape index (κ2) is 5.48. The van der Waals surface area contributed by atoms with Crippen LogP contribution in [-0.4, -0.2) is 29.5 Å². The molecular formula is C15H19N5OS. The maximum atomic E-state index is 10.8. The highest BCUT2D eigenvalue weighted by atomic mass is 32.1. The topological polar surface area (TPSA) is 68.2 Å². The Hall–Kier alpha value is -1.73. The van der Waals surface area contributed by atoms with E-state index < -0.39 is 6.10 Å². The number of aromatic nitrogens is 5.